The van der Waals surface area contributed by atoms with Crippen LogP contribution in [0.3, 0.4) is 0 Å². The molecule has 3 N–H and O–H groups in total. The third kappa shape index (κ3) is 4.07. The summed E-state index contributed by atoms with van der Waals surface area (Å²) in [6.07, 6.45) is 2.76. The van der Waals surface area contributed by atoms with Crippen molar-refractivity contribution in [3.8, 4) is 0 Å². The van der Waals surface area contributed by atoms with E-state index in [9.17, 15) is 5.11 Å². The minimum Gasteiger partial charge on any atom is -0.393 e. The van der Waals surface area contributed by atoms with Crippen LogP contribution in [0.1, 0.15) is 33.1 Å². The van der Waals surface area contributed by atoms with Crippen LogP contribution in [0, 0.1) is 0 Å². The molecule has 0 aromatic heterocycles. The number of aliphatic hydroxyl groups excluding tert-OH is 1. The molecule has 3 atom stereocenters. The molecule has 1 fully saturated rings. The maximum absolute atomic E-state index is 9.39. The Balaban J connectivity index is 2.08. The van der Waals surface area contributed by atoms with Gasteiger partial charge >= 0.3 is 0 Å². The Bertz CT molecular complexity index is 133. The highest BCUT2D eigenvalue weighted by Gasteiger charge is 2.16. The molecule has 0 amide bonds. The summed E-state index contributed by atoms with van der Waals surface area (Å²) in [5.41, 5.74) is 0. The van der Waals surface area contributed by atoms with Crippen molar-refractivity contribution in [3.63, 3.8) is 0 Å². The van der Waals surface area contributed by atoms with Crippen molar-refractivity contribution >= 4 is 0 Å². The molecule has 3 heteroatoms. The molecule has 3 nitrogen and oxygen atoms in total. The van der Waals surface area contributed by atoms with Crippen molar-refractivity contribution in [2.75, 3.05) is 13.1 Å². The normalized spacial score (nSPS) is 31.6. The van der Waals surface area contributed by atoms with Gasteiger partial charge in [-0.25, -0.2) is 0 Å². The zero-order chi connectivity index (χ0) is 9.68. The molecule has 0 saturated carbocycles. The van der Waals surface area contributed by atoms with Crippen LogP contribution < -0.4 is 10.6 Å². The van der Waals surface area contributed by atoms with Gasteiger partial charge in [0.25, 0.3) is 0 Å². The molecule has 0 aromatic rings. The second-order valence-corrected chi connectivity index (χ2v) is 4.05. The summed E-state index contributed by atoms with van der Waals surface area (Å²) in [5.74, 6) is 0. The predicted molar refractivity (Wildman–Crippen MR) is 54.8 cm³/mol. The summed E-state index contributed by atoms with van der Waals surface area (Å²) in [5, 5.41) is 16.3. The number of nitrogens with one attached hydrogen (secondary N) is 2. The molecule has 1 aliphatic rings. The van der Waals surface area contributed by atoms with Gasteiger partial charge in [0.15, 0.2) is 0 Å². The quantitative estimate of drug-likeness (QED) is 0.598. The molecule has 0 spiro atoms. The van der Waals surface area contributed by atoms with Crippen LogP contribution in [-0.4, -0.2) is 36.4 Å². The summed E-state index contributed by atoms with van der Waals surface area (Å²) in [7, 11) is 0. The summed E-state index contributed by atoms with van der Waals surface area (Å²) >= 11 is 0. The Labute approximate surface area is 80.9 Å². The van der Waals surface area contributed by atoms with E-state index in [4.69, 9.17) is 0 Å². The standard InChI is InChI=1S/C10H22N2O/c1-3-10(13)5-4-9-7-11-8(2)6-12-9/h8-13H,3-7H2,1-2H3. The van der Waals surface area contributed by atoms with Crippen LogP contribution in [0.4, 0.5) is 0 Å². The molecule has 1 saturated heterocycles. The zero-order valence-corrected chi connectivity index (χ0v) is 8.71. The Morgan fingerprint density at radius 2 is 2.15 bits per heavy atom. The molecule has 13 heavy (non-hydrogen) atoms. The van der Waals surface area contributed by atoms with Crippen molar-refractivity contribution < 1.29 is 5.11 Å². The van der Waals surface area contributed by atoms with Crippen molar-refractivity contribution in [3.05, 3.63) is 0 Å². The molecule has 3 unspecified atom stereocenters. The van der Waals surface area contributed by atoms with Gasteiger partial charge in [-0.05, 0) is 26.2 Å². The first-order chi connectivity index (χ1) is 6.22. The predicted octanol–water partition coefficient (Wildman–Crippen LogP) is 0.487. The smallest absolute Gasteiger partial charge is 0.0538 e. The average molecular weight is 186 g/mol. The van der Waals surface area contributed by atoms with Gasteiger partial charge in [-0.1, -0.05) is 6.92 Å². The maximum Gasteiger partial charge on any atom is 0.0538 e. The van der Waals surface area contributed by atoms with Gasteiger partial charge in [-0.15, -0.1) is 0 Å². The summed E-state index contributed by atoms with van der Waals surface area (Å²) in [4.78, 5) is 0. The molecule has 0 aromatic carbocycles. The minimum absolute atomic E-state index is 0.110. The van der Waals surface area contributed by atoms with Crippen LogP contribution in [0.2, 0.25) is 0 Å². The van der Waals surface area contributed by atoms with Crippen LogP contribution in [0.15, 0.2) is 0 Å². The number of aliphatic hydroxyl groups is 1. The van der Waals surface area contributed by atoms with Gasteiger partial charge in [0, 0.05) is 25.2 Å². The fourth-order valence-corrected chi connectivity index (χ4v) is 1.63. The molecule has 0 radical (unpaired) electrons. The van der Waals surface area contributed by atoms with Crippen molar-refractivity contribution in [1.82, 2.24) is 10.6 Å². The molecule has 1 heterocycles. The van der Waals surface area contributed by atoms with Gasteiger partial charge in [0.2, 0.25) is 0 Å². The third-order valence-electron chi connectivity index (χ3n) is 2.75. The highest BCUT2D eigenvalue weighted by atomic mass is 16.3. The SMILES string of the molecule is CCC(O)CCC1CNC(C)CN1. The van der Waals surface area contributed by atoms with E-state index in [-0.39, 0.29) is 6.10 Å². The van der Waals surface area contributed by atoms with Crippen LogP contribution in [0.25, 0.3) is 0 Å². The van der Waals surface area contributed by atoms with Gasteiger partial charge in [0.1, 0.15) is 0 Å². The number of piperazine rings is 1. The third-order valence-corrected chi connectivity index (χ3v) is 2.75. The fraction of sp³-hybridized carbons (Fsp3) is 1.00. The van der Waals surface area contributed by atoms with Crippen LogP contribution in [-0.2, 0) is 0 Å². The molecule has 1 rings (SSSR count). The molecular weight excluding hydrogens is 164 g/mol. The maximum atomic E-state index is 9.39. The highest BCUT2D eigenvalue weighted by molar-refractivity contribution is 4.80. The van der Waals surface area contributed by atoms with E-state index >= 15 is 0 Å². The Kier molecular flexibility index (Phi) is 4.70. The summed E-state index contributed by atoms with van der Waals surface area (Å²) < 4.78 is 0. The van der Waals surface area contributed by atoms with Crippen LogP contribution in [0.5, 0.6) is 0 Å². The van der Waals surface area contributed by atoms with E-state index in [0.29, 0.717) is 12.1 Å². The lowest BCUT2D eigenvalue weighted by Gasteiger charge is -2.29. The lowest BCUT2D eigenvalue weighted by Crippen LogP contribution is -2.53. The van der Waals surface area contributed by atoms with Gasteiger partial charge < -0.3 is 15.7 Å². The summed E-state index contributed by atoms with van der Waals surface area (Å²) in [6, 6.07) is 1.14. The molecular formula is C10H22N2O. The zero-order valence-electron chi connectivity index (χ0n) is 8.71. The highest BCUT2D eigenvalue weighted by Crippen LogP contribution is 2.06. The second kappa shape index (κ2) is 5.58. The van der Waals surface area contributed by atoms with E-state index in [1.54, 1.807) is 0 Å². The molecule has 0 bridgehead atoms. The first-order valence-corrected chi connectivity index (χ1v) is 5.37. The number of rotatable bonds is 4. The summed E-state index contributed by atoms with van der Waals surface area (Å²) in [6.45, 7) is 6.30. The molecule has 1 aliphatic heterocycles. The van der Waals surface area contributed by atoms with Gasteiger partial charge in [-0.2, -0.15) is 0 Å². The fourth-order valence-electron chi connectivity index (χ4n) is 1.63. The number of hydrogen-bond donors (Lipinski definition) is 3. The second-order valence-electron chi connectivity index (χ2n) is 4.05. The number of hydrogen-bond acceptors (Lipinski definition) is 3. The molecule has 0 aliphatic carbocycles. The Hall–Kier alpha value is -0.120. The van der Waals surface area contributed by atoms with Gasteiger partial charge in [-0.3, -0.25) is 0 Å². The van der Waals surface area contributed by atoms with Crippen molar-refractivity contribution in [2.45, 2.75) is 51.3 Å². The lowest BCUT2D eigenvalue weighted by atomic mass is 10.0. The minimum atomic E-state index is -0.110. The topological polar surface area (TPSA) is 44.3 Å². The molecule has 78 valence electrons. The van der Waals surface area contributed by atoms with E-state index < -0.39 is 0 Å². The lowest BCUT2D eigenvalue weighted by molar-refractivity contribution is 0.150. The Morgan fingerprint density at radius 1 is 1.38 bits per heavy atom. The first-order valence-electron chi connectivity index (χ1n) is 5.37. The van der Waals surface area contributed by atoms with Crippen molar-refractivity contribution in [1.29, 1.82) is 0 Å². The first kappa shape index (κ1) is 11.0. The van der Waals surface area contributed by atoms with Gasteiger partial charge in [0.05, 0.1) is 6.10 Å². The van der Waals surface area contributed by atoms with E-state index in [2.05, 4.69) is 17.6 Å². The Morgan fingerprint density at radius 3 is 2.69 bits per heavy atom. The van der Waals surface area contributed by atoms with E-state index in [1.165, 1.54) is 0 Å². The largest absolute Gasteiger partial charge is 0.393 e. The van der Waals surface area contributed by atoms with Crippen molar-refractivity contribution in [2.24, 2.45) is 0 Å². The van der Waals surface area contributed by atoms with E-state index in [1.807, 2.05) is 6.92 Å². The van der Waals surface area contributed by atoms with Crippen LogP contribution >= 0.6 is 0 Å². The monoisotopic (exact) mass is 186 g/mol. The van der Waals surface area contributed by atoms with E-state index in [0.717, 1.165) is 32.4 Å². The average Bonchev–Trinajstić information content (AvgIpc) is 2.16.